The second-order valence-electron chi connectivity index (χ2n) is 4.50. The Morgan fingerprint density at radius 2 is 2.06 bits per heavy atom. The Kier molecular flexibility index (Phi) is 6.60. The van der Waals surface area contributed by atoms with Crippen LogP contribution in [0.4, 0.5) is 0 Å². The van der Waals surface area contributed by atoms with Crippen molar-refractivity contribution in [2.45, 2.75) is 12.3 Å². The second-order valence-corrected chi connectivity index (χ2v) is 4.50. The van der Waals surface area contributed by atoms with Gasteiger partial charge in [0.05, 0.1) is 0 Å². The number of allylic oxidation sites excluding steroid dienone is 1. The molecule has 17 heavy (non-hydrogen) atoms. The summed E-state index contributed by atoms with van der Waals surface area (Å²) in [6.45, 7) is 7.06. The number of benzene rings is 1. The zero-order valence-electron chi connectivity index (χ0n) is 11.0. The van der Waals surface area contributed by atoms with Gasteiger partial charge in [-0.3, -0.25) is 0 Å². The number of rotatable bonds is 8. The van der Waals surface area contributed by atoms with Gasteiger partial charge >= 0.3 is 0 Å². The number of nitrogens with zero attached hydrogens (tertiary/aromatic N) is 1. The van der Waals surface area contributed by atoms with E-state index < -0.39 is 0 Å². The van der Waals surface area contributed by atoms with Crippen LogP contribution in [0.25, 0.3) is 0 Å². The largest absolute Gasteiger partial charge is 0.318 e. The van der Waals surface area contributed by atoms with Gasteiger partial charge in [-0.15, -0.1) is 6.58 Å². The summed E-state index contributed by atoms with van der Waals surface area (Å²) in [4.78, 5) is 2.37. The summed E-state index contributed by atoms with van der Waals surface area (Å²) in [6, 6.07) is 10.7. The van der Waals surface area contributed by atoms with Gasteiger partial charge in [-0.1, -0.05) is 36.4 Å². The Labute approximate surface area is 105 Å². The molecule has 1 rings (SSSR count). The minimum absolute atomic E-state index is 0.551. The van der Waals surface area contributed by atoms with Gasteiger partial charge < -0.3 is 10.2 Å². The summed E-state index contributed by atoms with van der Waals surface area (Å²) in [5, 5.41) is 3.18. The molecule has 1 unspecified atom stereocenters. The van der Waals surface area contributed by atoms with Gasteiger partial charge in [0.15, 0.2) is 0 Å². The lowest BCUT2D eigenvalue weighted by atomic mass is 9.95. The first kappa shape index (κ1) is 13.9. The Hall–Kier alpha value is -1.12. The molecule has 1 N–H and O–H groups in total. The molecule has 2 heteroatoms. The molecule has 0 aromatic heterocycles. The molecule has 0 aliphatic heterocycles. The molecular formula is C15H24N2. The molecule has 0 spiro atoms. The summed E-state index contributed by atoms with van der Waals surface area (Å²) in [5.74, 6) is 0.551. The van der Waals surface area contributed by atoms with Crippen LogP contribution in [0.5, 0.6) is 0 Å². The third-order valence-corrected chi connectivity index (χ3v) is 3.00. The molecule has 1 aromatic carbocycles. The zero-order chi connectivity index (χ0) is 12.5. The van der Waals surface area contributed by atoms with Crippen molar-refractivity contribution in [2.24, 2.45) is 0 Å². The van der Waals surface area contributed by atoms with E-state index in [1.54, 1.807) is 0 Å². The lowest BCUT2D eigenvalue weighted by molar-refractivity contribution is 0.312. The highest BCUT2D eigenvalue weighted by Crippen LogP contribution is 2.20. The van der Waals surface area contributed by atoms with Crippen LogP contribution in [-0.2, 0) is 0 Å². The van der Waals surface area contributed by atoms with Crippen LogP contribution in [0, 0.1) is 0 Å². The Morgan fingerprint density at radius 3 is 2.65 bits per heavy atom. The summed E-state index contributed by atoms with van der Waals surface area (Å²) in [5.41, 5.74) is 1.41. The maximum atomic E-state index is 3.86. The van der Waals surface area contributed by atoms with Gasteiger partial charge in [-0.25, -0.2) is 0 Å². The fourth-order valence-electron chi connectivity index (χ4n) is 2.01. The van der Waals surface area contributed by atoms with Crippen LogP contribution in [-0.4, -0.2) is 38.6 Å². The average Bonchev–Trinajstić information content (AvgIpc) is 2.37. The van der Waals surface area contributed by atoms with Gasteiger partial charge in [0.1, 0.15) is 0 Å². The fraction of sp³-hybridized carbons (Fsp3) is 0.467. The van der Waals surface area contributed by atoms with Crippen molar-refractivity contribution in [1.29, 1.82) is 0 Å². The van der Waals surface area contributed by atoms with Crippen LogP contribution in [0.3, 0.4) is 0 Å². The molecule has 0 bridgehead atoms. The molecule has 0 fully saturated rings. The van der Waals surface area contributed by atoms with E-state index in [1.807, 2.05) is 13.1 Å². The minimum Gasteiger partial charge on any atom is -0.318 e. The van der Waals surface area contributed by atoms with Crippen molar-refractivity contribution in [2.75, 3.05) is 33.7 Å². The summed E-state index contributed by atoms with van der Waals surface area (Å²) >= 11 is 0. The Bertz CT molecular complexity index is 308. The van der Waals surface area contributed by atoms with E-state index in [-0.39, 0.29) is 0 Å². The molecule has 0 saturated carbocycles. The molecule has 1 atom stereocenters. The maximum absolute atomic E-state index is 3.86. The van der Waals surface area contributed by atoms with Crippen molar-refractivity contribution in [1.82, 2.24) is 10.2 Å². The predicted molar refractivity (Wildman–Crippen MR) is 75.4 cm³/mol. The summed E-state index contributed by atoms with van der Waals surface area (Å²) in [7, 11) is 4.17. The van der Waals surface area contributed by atoms with Crippen LogP contribution < -0.4 is 5.32 Å². The van der Waals surface area contributed by atoms with E-state index >= 15 is 0 Å². The highest BCUT2D eigenvalue weighted by molar-refractivity contribution is 5.20. The van der Waals surface area contributed by atoms with E-state index in [0.717, 1.165) is 26.1 Å². The molecule has 94 valence electrons. The van der Waals surface area contributed by atoms with Gasteiger partial charge in [-0.2, -0.15) is 0 Å². The standard InChI is InChI=1S/C15H24N2/c1-4-8-15(13-17(3)12-11-16-2)14-9-6-5-7-10-14/h4-7,9-10,15-16H,1,8,11-13H2,2-3H3. The quantitative estimate of drug-likeness (QED) is 0.693. The van der Waals surface area contributed by atoms with Crippen molar-refractivity contribution >= 4 is 0 Å². The second kappa shape index (κ2) is 8.04. The number of hydrogen-bond acceptors (Lipinski definition) is 2. The molecule has 2 nitrogen and oxygen atoms in total. The number of hydrogen-bond donors (Lipinski definition) is 1. The van der Waals surface area contributed by atoms with Crippen molar-refractivity contribution < 1.29 is 0 Å². The van der Waals surface area contributed by atoms with Crippen molar-refractivity contribution in [3.63, 3.8) is 0 Å². The predicted octanol–water partition coefficient (Wildman–Crippen LogP) is 2.50. The van der Waals surface area contributed by atoms with E-state index in [9.17, 15) is 0 Å². The lowest BCUT2D eigenvalue weighted by Gasteiger charge is -2.23. The van der Waals surface area contributed by atoms with E-state index in [4.69, 9.17) is 0 Å². The van der Waals surface area contributed by atoms with E-state index in [0.29, 0.717) is 5.92 Å². The molecule has 1 aromatic rings. The topological polar surface area (TPSA) is 15.3 Å². The first-order valence-corrected chi connectivity index (χ1v) is 6.27. The third kappa shape index (κ3) is 5.16. The maximum Gasteiger partial charge on any atom is 0.0104 e. The summed E-state index contributed by atoms with van der Waals surface area (Å²) < 4.78 is 0. The van der Waals surface area contributed by atoms with Crippen LogP contribution >= 0.6 is 0 Å². The van der Waals surface area contributed by atoms with E-state index in [2.05, 4.69) is 54.2 Å². The fourth-order valence-corrected chi connectivity index (χ4v) is 2.01. The SMILES string of the molecule is C=CCC(CN(C)CCNC)c1ccccc1. The number of likely N-dealkylation sites (N-methyl/N-ethyl adjacent to an activating group) is 2. The lowest BCUT2D eigenvalue weighted by Crippen LogP contribution is -2.30. The number of nitrogens with one attached hydrogen (secondary N) is 1. The first-order chi connectivity index (χ1) is 8.27. The Morgan fingerprint density at radius 1 is 1.35 bits per heavy atom. The van der Waals surface area contributed by atoms with E-state index in [1.165, 1.54) is 5.56 Å². The molecule has 0 amide bonds. The Balaban J connectivity index is 2.57. The third-order valence-electron chi connectivity index (χ3n) is 3.00. The molecular weight excluding hydrogens is 208 g/mol. The van der Waals surface area contributed by atoms with Crippen LogP contribution in [0.1, 0.15) is 17.9 Å². The highest BCUT2D eigenvalue weighted by Gasteiger charge is 2.11. The molecule has 0 heterocycles. The minimum atomic E-state index is 0.551. The van der Waals surface area contributed by atoms with Crippen LogP contribution in [0.15, 0.2) is 43.0 Å². The molecule has 0 aliphatic rings. The first-order valence-electron chi connectivity index (χ1n) is 6.27. The van der Waals surface area contributed by atoms with Crippen molar-refractivity contribution in [3.8, 4) is 0 Å². The normalized spacial score (nSPS) is 12.6. The smallest absolute Gasteiger partial charge is 0.0104 e. The highest BCUT2D eigenvalue weighted by atomic mass is 15.1. The van der Waals surface area contributed by atoms with Gasteiger partial charge in [-0.05, 0) is 26.1 Å². The van der Waals surface area contributed by atoms with Crippen molar-refractivity contribution in [3.05, 3.63) is 48.6 Å². The van der Waals surface area contributed by atoms with Gasteiger partial charge in [0.25, 0.3) is 0 Å². The molecule has 0 saturated heterocycles. The van der Waals surface area contributed by atoms with Gasteiger partial charge in [0.2, 0.25) is 0 Å². The molecule has 0 radical (unpaired) electrons. The average molecular weight is 232 g/mol. The monoisotopic (exact) mass is 232 g/mol. The zero-order valence-corrected chi connectivity index (χ0v) is 11.0. The van der Waals surface area contributed by atoms with Crippen LogP contribution in [0.2, 0.25) is 0 Å². The summed E-state index contributed by atoms with van der Waals surface area (Å²) in [6.07, 6.45) is 3.05. The van der Waals surface area contributed by atoms with Gasteiger partial charge in [0, 0.05) is 25.6 Å². The molecule has 0 aliphatic carbocycles.